The van der Waals surface area contributed by atoms with Crippen LogP contribution in [0.2, 0.25) is 0 Å². The van der Waals surface area contributed by atoms with E-state index in [4.69, 9.17) is 10.0 Å². The van der Waals surface area contributed by atoms with Crippen molar-refractivity contribution in [2.24, 2.45) is 0 Å². The lowest BCUT2D eigenvalue weighted by atomic mass is 9.80. The number of nitrogens with zero attached hydrogens (tertiary/aromatic N) is 1. The van der Waals surface area contributed by atoms with Gasteiger partial charge in [-0.3, -0.25) is 4.79 Å². The molecule has 0 saturated carbocycles. The molecule has 1 aliphatic rings. The lowest BCUT2D eigenvalue weighted by Gasteiger charge is -2.15. The van der Waals surface area contributed by atoms with Crippen molar-refractivity contribution in [1.82, 2.24) is 4.90 Å². The Morgan fingerprint density at radius 1 is 1.00 bits per heavy atom. The van der Waals surface area contributed by atoms with Gasteiger partial charge in [0, 0.05) is 13.1 Å². The summed E-state index contributed by atoms with van der Waals surface area (Å²) in [5.74, 6) is 0.0866. The van der Waals surface area contributed by atoms with Gasteiger partial charge in [-0.1, -0.05) is 48.5 Å². The number of rotatable bonds is 3. The van der Waals surface area contributed by atoms with Crippen molar-refractivity contribution < 1.29 is 14.8 Å². The predicted octanol–water partition coefficient (Wildman–Crippen LogP) is 0.451. The van der Waals surface area contributed by atoms with Crippen LogP contribution in [-0.4, -0.2) is 28.0 Å². The molecule has 1 amide bonds. The van der Waals surface area contributed by atoms with Gasteiger partial charge in [-0.25, -0.2) is 0 Å². The Morgan fingerprint density at radius 3 is 2.10 bits per heavy atom. The second kappa shape index (κ2) is 5.72. The van der Waals surface area contributed by atoms with Gasteiger partial charge in [-0.15, -0.1) is 0 Å². The van der Waals surface area contributed by atoms with E-state index in [1.807, 2.05) is 17.0 Å². The zero-order chi connectivity index (χ0) is 14.8. The summed E-state index contributed by atoms with van der Waals surface area (Å²) in [6.45, 7) is 1.34. The van der Waals surface area contributed by atoms with Gasteiger partial charge in [0.15, 0.2) is 0 Å². The van der Waals surface area contributed by atoms with Gasteiger partial charge in [-0.2, -0.15) is 0 Å². The number of carbonyl (C=O) groups excluding carboxylic acids is 1. The van der Waals surface area contributed by atoms with Gasteiger partial charge >= 0.3 is 7.12 Å². The van der Waals surface area contributed by atoms with Crippen molar-refractivity contribution in [1.29, 1.82) is 0 Å². The molecule has 4 nitrogen and oxygen atoms in total. The van der Waals surface area contributed by atoms with Crippen molar-refractivity contribution in [2.75, 3.05) is 0 Å². The molecule has 0 spiro atoms. The first kappa shape index (κ1) is 13.9. The topological polar surface area (TPSA) is 60.8 Å². The smallest absolute Gasteiger partial charge is 0.423 e. The molecule has 3 rings (SSSR count). The highest BCUT2D eigenvalue weighted by atomic mass is 16.4. The average Bonchev–Trinajstić information content (AvgIpc) is 2.92. The fourth-order valence-corrected chi connectivity index (χ4v) is 2.60. The van der Waals surface area contributed by atoms with Crippen LogP contribution in [0.15, 0.2) is 48.5 Å². The van der Waals surface area contributed by atoms with Crippen LogP contribution >= 0.6 is 0 Å². The van der Waals surface area contributed by atoms with Crippen molar-refractivity contribution in [3.8, 4) is 0 Å². The van der Waals surface area contributed by atoms with Crippen molar-refractivity contribution in [3.05, 3.63) is 65.2 Å². The van der Waals surface area contributed by atoms with E-state index >= 15 is 0 Å². The van der Waals surface area contributed by atoms with Crippen LogP contribution in [0.1, 0.15) is 16.7 Å². The van der Waals surface area contributed by atoms with Crippen LogP contribution < -0.4 is 5.46 Å². The lowest BCUT2D eigenvalue weighted by Crippen LogP contribution is -2.30. The normalized spacial score (nSPS) is 13.1. The summed E-state index contributed by atoms with van der Waals surface area (Å²) in [7, 11) is -1.47. The van der Waals surface area contributed by atoms with E-state index in [2.05, 4.69) is 12.1 Å². The maximum Gasteiger partial charge on any atom is 0.488 e. The molecule has 0 unspecified atom stereocenters. The van der Waals surface area contributed by atoms with Crippen LogP contribution in [0.3, 0.4) is 0 Å². The van der Waals surface area contributed by atoms with E-state index in [-0.39, 0.29) is 5.91 Å². The van der Waals surface area contributed by atoms with Gasteiger partial charge < -0.3 is 14.9 Å². The molecule has 1 aliphatic heterocycles. The van der Waals surface area contributed by atoms with E-state index in [1.54, 1.807) is 24.3 Å². The fraction of sp³-hybridized carbons (Fsp3) is 0.188. The van der Waals surface area contributed by atoms with Crippen LogP contribution in [0.25, 0.3) is 0 Å². The average molecular weight is 281 g/mol. The molecule has 0 saturated heterocycles. The second-order valence-electron chi connectivity index (χ2n) is 5.31. The molecule has 0 atom stereocenters. The maximum absolute atomic E-state index is 12.3. The molecule has 2 aromatic carbocycles. The Labute approximate surface area is 123 Å². The van der Waals surface area contributed by atoms with Crippen LogP contribution in [-0.2, 0) is 24.3 Å². The molecule has 0 aliphatic carbocycles. The maximum atomic E-state index is 12.3. The molecule has 21 heavy (non-hydrogen) atoms. The molecule has 5 heteroatoms. The largest absolute Gasteiger partial charge is 0.488 e. The van der Waals surface area contributed by atoms with E-state index in [1.165, 1.54) is 11.1 Å². The number of carbonyl (C=O) groups is 1. The molecule has 106 valence electrons. The van der Waals surface area contributed by atoms with E-state index < -0.39 is 7.12 Å². The zero-order valence-electron chi connectivity index (χ0n) is 11.6. The highest BCUT2D eigenvalue weighted by molar-refractivity contribution is 6.58. The number of hydrogen-bond donors (Lipinski definition) is 2. The summed E-state index contributed by atoms with van der Waals surface area (Å²) in [6, 6.07) is 14.9. The standard InChI is InChI=1S/C16H16BNO3/c19-16(9-12-5-7-15(8-6-12)17(20)21)18-10-13-3-1-2-4-14(13)11-18/h1-8,20-21H,9-11H2. The SMILES string of the molecule is O=C(Cc1ccc(B(O)O)cc1)N1Cc2ccccc2C1. The minimum atomic E-state index is -1.47. The summed E-state index contributed by atoms with van der Waals surface area (Å²) in [5, 5.41) is 18.1. The number of benzene rings is 2. The highest BCUT2D eigenvalue weighted by Crippen LogP contribution is 2.22. The van der Waals surface area contributed by atoms with Crippen LogP contribution in [0.5, 0.6) is 0 Å². The summed E-state index contributed by atoms with van der Waals surface area (Å²) in [6.07, 6.45) is 0.329. The van der Waals surface area contributed by atoms with Crippen LogP contribution in [0, 0.1) is 0 Å². The molecule has 1 heterocycles. The third kappa shape index (κ3) is 2.99. The number of amides is 1. The Morgan fingerprint density at radius 2 is 1.57 bits per heavy atom. The van der Waals surface area contributed by atoms with Gasteiger partial charge in [-0.05, 0) is 22.2 Å². The summed E-state index contributed by atoms with van der Waals surface area (Å²) in [5.41, 5.74) is 3.73. The lowest BCUT2D eigenvalue weighted by molar-refractivity contribution is -0.131. The molecule has 0 bridgehead atoms. The molecule has 0 aromatic heterocycles. The van der Waals surface area contributed by atoms with Crippen molar-refractivity contribution >= 4 is 18.5 Å². The minimum Gasteiger partial charge on any atom is -0.423 e. The first-order chi connectivity index (χ1) is 10.1. The molecule has 2 N–H and O–H groups in total. The highest BCUT2D eigenvalue weighted by Gasteiger charge is 2.22. The third-order valence-corrected chi connectivity index (χ3v) is 3.83. The number of hydrogen-bond acceptors (Lipinski definition) is 3. The van der Waals surface area contributed by atoms with E-state index in [9.17, 15) is 4.79 Å². The number of fused-ring (bicyclic) bond motifs is 1. The van der Waals surface area contributed by atoms with E-state index in [0.717, 1.165) is 5.56 Å². The second-order valence-corrected chi connectivity index (χ2v) is 5.31. The Hall–Kier alpha value is -2.11. The first-order valence-corrected chi connectivity index (χ1v) is 6.93. The van der Waals surface area contributed by atoms with Gasteiger partial charge in [0.05, 0.1) is 6.42 Å². The van der Waals surface area contributed by atoms with Crippen molar-refractivity contribution in [2.45, 2.75) is 19.5 Å². The fourth-order valence-electron chi connectivity index (χ4n) is 2.60. The summed E-state index contributed by atoms with van der Waals surface area (Å²) >= 11 is 0. The zero-order valence-corrected chi connectivity index (χ0v) is 11.6. The monoisotopic (exact) mass is 281 g/mol. The quantitative estimate of drug-likeness (QED) is 0.803. The molecular formula is C16H16BNO3. The Kier molecular flexibility index (Phi) is 3.77. The summed E-state index contributed by atoms with van der Waals surface area (Å²) in [4.78, 5) is 14.2. The first-order valence-electron chi connectivity index (χ1n) is 6.93. The Bertz CT molecular complexity index is 630. The molecular weight excluding hydrogens is 265 g/mol. The van der Waals surface area contributed by atoms with Gasteiger partial charge in [0.25, 0.3) is 0 Å². The molecule has 2 aromatic rings. The third-order valence-electron chi connectivity index (χ3n) is 3.83. The van der Waals surface area contributed by atoms with E-state index in [0.29, 0.717) is 25.0 Å². The Balaban J connectivity index is 1.65. The predicted molar refractivity (Wildman–Crippen MR) is 80.7 cm³/mol. The van der Waals surface area contributed by atoms with Gasteiger partial charge in [0.1, 0.15) is 0 Å². The summed E-state index contributed by atoms with van der Waals surface area (Å²) < 4.78 is 0. The van der Waals surface area contributed by atoms with Gasteiger partial charge in [0.2, 0.25) is 5.91 Å². The minimum absolute atomic E-state index is 0.0866. The van der Waals surface area contributed by atoms with Crippen molar-refractivity contribution in [3.63, 3.8) is 0 Å². The van der Waals surface area contributed by atoms with Crippen LogP contribution in [0.4, 0.5) is 0 Å². The molecule has 0 radical (unpaired) electrons. The molecule has 0 fully saturated rings.